The normalized spacial score (nSPS) is 19.8. The van der Waals surface area contributed by atoms with Gasteiger partial charge in [0.15, 0.2) is 0 Å². The van der Waals surface area contributed by atoms with Crippen LogP contribution < -0.4 is 0 Å². The number of amides is 1. The maximum atomic E-state index is 12.1. The summed E-state index contributed by atoms with van der Waals surface area (Å²) in [4.78, 5) is 14.0. The molecule has 20 heavy (non-hydrogen) atoms. The van der Waals surface area contributed by atoms with Crippen LogP contribution in [0.5, 0.6) is 0 Å². The number of benzene rings is 1. The Balaban J connectivity index is 1.80. The lowest BCUT2D eigenvalue weighted by molar-refractivity contribution is 0.0968. The fourth-order valence-electron chi connectivity index (χ4n) is 2.78. The summed E-state index contributed by atoms with van der Waals surface area (Å²) in [5.74, 6) is 1.44. The molecule has 1 aromatic rings. The number of carbonyl (C=O) groups excluding carboxylic acids is 1. The van der Waals surface area contributed by atoms with Gasteiger partial charge in [-0.25, -0.2) is 4.79 Å². The van der Waals surface area contributed by atoms with Crippen LogP contribution in [0.3, 0.4) is 0 Å². The second kappa shape index (κ2) is 7.32. The molecule has 0 bridgehead atoms. The van der Waals surface area contributed by atoms with E-state index in [0.29, 0.717) is 12.5 Å². The standard InChI is InChI=1S/C17H25NO2/c1-14(2)16-9-6-11-18(12-10-16)17(19)20-13-15-7-4-3-5-8-15/h3-5,7-8,14,16H,6,9-13H2,1-2H3. The number of rotatable bonds is 3. The van der Waals surface area contributed by atoms with Gasteiger partial charge in [0.1, 0.15) is 6.61 Å². The highest BCUT2D eigenvalue weighted by Crippen LogP contribution is 2.24. The highest BCUT2D eigenvalue weighted by atomic mass is 16.6. The van der Waals surface area contributed by atoms with Crippen LogP contribution in [-0.2, 0) is 11.3 Å². The highest BCUT2D eigenvalue weighted by Gasteiger charge is 2.23. The van der Waals surface area contributed by atoms with Crippen molar-refractivity contribution >= 4 is 6.09 Å². The van der Waals surface area contributed by atoms with Gasteiger partial charge in [-0.1, -0.05) is 44.2 Å². The molecular weight excluding hydrogens is 250 g/mol. The first kappa shape index (κ1) is 14.9. The first-order chi connectivity index (χ1) is 9.66. The monoisotopic (exact) mass is 275 g/mol. The van der Waals surface area contributed by atoms with Crippen LogP contribution in [0.15, 0.2) is 30.3 Å². The van der Waals surface area contributed by atoms with E-state index in [1.807, 2.05) is 35.2 Å². The van der Waals surface area contributed by atoms with Gasteiger partial charge in [0, 0.05) is 13.1 Å². The van der Waals surface area contributed by atoms with Crippen LogP contribution in [0.4, 0.5) is 4.79 Å². The van der Waals surface area contributed by atoms with Crippen molar-refractivity contribution in [2.75, 3.05) is 13.1 Å². The molecule has 0 spiro atoms. The van der Waals surface area contributed by atoms with E-state index in [4.69, 9.17) is 4.74 Å². The van der Waals surface area contributed by atoms with E-state index in [-0.39, 0.29) is 6.09 Å². The Hall–Kier alpha value is -1.51. The minimum Gasteiger partial charge on any atom is -0.445 e. The Morgan fingerprint density at radius 3 is 2.70 bits per heavy atom. The lowest BCUT2D eigenvalue weighted by Crippen LogP contribution is -2.32. The summed E-state index contributed by atoms with van der Waals surface area (Å²) in [6.45, 7) is 6.57. The van der Waals surface area contributed by atoms with E-state index < -0.39 is 0 Å². The van der Waals surface area contributed by atoms with E-state index in [9.17, 15) is 4.79 Å². The lowest BCUT2D eigenvalue weighted by atomic mass is 9.89. The molecular formula is C17H25NO2. The van der Waals surface area contributed by atoms with Gasteiger partial charge < -0.3 is 9.64 Å². The fourth-order valence-corrected chi connectivity index (χ4v) is 2.78. The average Bonchev–Trinajstić information content (AvgIpc) is 2.72. The van der Waals surface area contributed by atoms with Gasteiger partial charge in [-0.05, 0) is 36.7 Å². The number of ether oxygens (including phenoxy) is 1. The molecule has 0 aliphatic carbocycles. The molecule has 3 heteroatoms. The van der Waals surface area contributed by atoms with E-state index in [1.54, 1.807) is 0 Å². The third kappa shape index (κ3) is 4.26. The maximum absolute atomic E-state index is 12.1. The van der Waals surface area contributed by atoms with Gasteiger partial charge >= 0.3 is 6.09 Å². The lowest BCUT2D eigenvalue weighted by Gasteiger charge is -2.21. The summed E-state index contributed by atoms with van der Waals surface area (Å²) in [6, 6.07) is 9.84. The van der Waals surface area contributed by atoms with Crippen molar-refractivity contribution in [3.05, 3.63) is 35.9 Å². The van der Waals surface area contributed by atoms with E-state index in [2.05, 4.69) is 13.8 Å². The Bertz CT molecular complexity index is 416. The summed E-state index contributed by atoms with van der Waals surface area (Å²) >= 11 is 0. The molecule has 1 aliphatic rings. The van der Waals surface area contributed by atoms with Crippen molar-refractivity contribution in [3.8, 4) is 0 Å². The summed E-state index contributed by atoms with van der Waals surface area (Å²) in [6.07, 6.45) is 3.24. The molecule has 2 rings (SSSR count). The van der Waals surface area contributed by atoms with Gasteiger partial charge in [-0.15, -0.1) is 0 Å². The second-order valence-electron chi connectivity index (χ2n) is 5.96. The minimum atomic E-state index is -0.168. The molecule has 1 unspecified atom stereocenters. The molecule has 1 saturated heterocycles. The van der Waals surface area contributed by atoms with Gasteiger partial charge in [0.2, 0.25) is 0 Å². The largest absolute Gasteiger partial charge is 0.445 e. The van der Waals surface area contributed by atoms with Crippen molar-refractivity contribution in [1.82, 2.24) is 4.90 Å². The number of hydrogen-bond acceptors (Lipinski definition) is 2. The van der Waals surface area contributed by atoms with Crippen molar-refractivity contribution in [2.24, 2.45) is 11.8 Å². The molecule has 0 saturated carbocycles. The van der Waals surface area contributed by atoms with Gasteiger partial charge in [-0.2, -0.15) is 0 Å². The van der Waals surface area contributed by atoms with Crippen molar-refractivity contribution in [1.29, 1.82) is 0 Å². The maximum Gasteiger partial charge on any atom is 0.410 e. The van der Waals surface area contributed by atoms with Crippen LogP contribution in [0, 0.1) is 11.8 Å². The third-order valence-electron chi connectivity index (χ3n) is 4.18. The summed E-state index contributed by atoms with van der Waals surface area (Å²) < 4.78 is 5.41. The van der Waals surface area contributed by atoms with Gasteiger partial charge in [0.05, 0.1) is 0 Å². The first-order valence-electron chi connectivity index (χ1n) is 7.62. The molecule has 1 atom stereocenters. The summed E-state index contributed by atoms with van der Waals surface area (Å²) in [5.41, 5.74) is 1.04. The van der Waals surface area contributed by atoms with Crippen molar-refractivity contribution < 1.29 is 9.53 Å². The SMILES string of the molecule is CC(C)C1CCCN(C(=O)OCc2ccccc2)CC1. The molecule has 1 aliphatic heterocycles. The Morgan fingerprint density at radius 1 is 1.25 bits per heavy atom. The molecule has 0 N–H and O–H groups in total. The molecule has 110 valence electrons. The Morgan fingerprint density at radius 2 is 2.00 bits per heavy atom. The predicted molar refractivity (Wildman–Crippen MR) is 80.4 cm³/mol. The molecule has 0 aromatic heterocycles. The van der Waals surface area contributed by atoms with Crippen LogP contribution >= 0.6 is 0 Å². The Labute approximate surface area is 121 Å². The predicted octanol–water partition coefficient (Wildman–Crippen LogP) is 4.08. The Kier molecular flexibility index (Phi) is 5.45. The number of hydrogen-bond donors (Lipinski definition) is 0. The van der Waals surface area contributed by atoms with Crippen LogP contribution in [0.1, 0.15) is 38.7 Å². The summed E-state index contributed by atoms with van der Waals surface area (Å²) in [7, 11) is 0. The van der Waals surface area contributed by atoms with Crippen LogP contribution in [0.2, 0.25) is 0 Å². The molecule has 1 fully saturated rings. The van der Waals surface area contributed by atoms with E-state index in [1.165, 1.54) is 6.42 Å². The van der Waals surface area contributed by atoms with Crippen molar-refractivity contribution in [2.45, 2.75) is 39.7 Å². The molecule has 1 heterocycles. The zero-order valence-corrected chi connectivity index (χ0v) is 12.5. The van der Waals surface area contributed by atoms with Gasteiger partial charge in [0.25, 0.3) is 0 Å². The second-order valence-corrected chi connectivity index (χ2v) is 5.96. The molecule has 3 nitrogen and oxygen atoms in total. The number of likely N-dealkylation sites (tertiary alicyclic amines) is 1. The minimum absolute atomic E-state index is 0.168. The number of carbonyl (C=O) groups is 1. The zero-order valence-electron chi connectivity index (χ0n) is 12.5. The van der Waals surface area contributed by atoms with E-state index in [0.717, 1.165) is 37.4 Å². The average molecular weight is 275 g/mol. The smallest absolute Gasteiger partial charge is 0.410 e. The number of nitrogens with zero attached hydrogens (tertiary/aromatic N) is 1. The molecule has 1 amide bonds. The molecule has 0 radical (unpaired) electrons. The van der Waals surface area contributed by atoms with Crippen LogP contribution in [-0.4, -0.2) is 24.1 Å². The van der Waals surface area contributed by atoms with Crippen LogP contribution in [0.25, 0.3) is 0 Å². The van der Waals surface area contributed by atoms with Gasteiger partial charge in [-0.3, -0.25) is 0 Å². The summed E-state index contributed by atoms with van der Waals surface area (Å²) in [5, 5.41) is 0. The highest BCUT2D eigenvalue weighted by molar-refractivity contribution is 5.67. The third-order valence-corrected chi connectivity index (χ3v) is 4.18. The zero-order chi connectivity index (χ0) is 14.4. The fraction of sp³-hybridized carbons (Fsp3) is 0.588. The topological polar surface area (TPSA) is 29.5 Å². The van der Waals surface area contributed by atoms with Crippen molar-refractivity contribution in [3.63, 3.8) is 0 Å². The molecule has 1 aromatic carbocycles. The van der Waals surface area contributed by atoms with E-state index >= 15 is 0 Å². The quantitative estimate of drug-likeness (QED) is 0.831. The first-order valence-corrected chi connectivity index (χ1v) is 7.62.